The number of carbonyl (C=O) groups is 1. The van der Waals surface area contributed by atoms with Crippen LogP contribution in [0.1, 0.15) is 43.7 Å². The fraction of sp³-hybridized carbons (Fsp3) is 0.474. The number of nitrogens with one attached hydrogen (secondary N) is 1. The van der Waals surface area contributed by atoms with Crippen LogP contribution in [-0.4, -0.2) is 34.6 Å². The van der Waals surface area contributed by atoms with Gasteiger partial charge in [0.25, 0.3) is 0 Å². The number of hydrogen-bond acceptors (Lipinski definition) is 4. The number of rotatable bonds is 7. The van der Waals surface area contributed by atoms with Crippen molar-refractivity contribution in [2.45, 2.75) is 52.9 Å². The van der Waals surface area contributed by atoms with E-state index < -0.39 is 18.2 Å². The molecule has 1 aromatic heterocycles. The van der Waals surface area contributed by atoms with Crippen LogP contribution in [0.4, 0.5) is 18.9 Å². The van der Waals surface area contributed by atoms with Crippen molar-refractivity contribution in [2.75, 3.05) is 11.9 Å². The highest BCUT2D eigenvalue weighted by Gasteiger charge is 2.36. The summed E-state index contributed by atoms with van der Waals surface area (Å²) in [6.45, 7) is 7.15. The Morgan fingerprint density at radius 3 is 2.54 bits per heavy atom. The summed E-state index contributed by atoms with van der Waals surface area (Å²) in [5, 5.41) is 6.88. The zero-order chi connectivity index (χ0) is 21.1. The molecule has 0 spiro atoms. The van der Waals surface area contributed by atoms with Crippen LogP contribution in [-0.2, 0) is 17.7 Å². The van der Waals surface area contributed by atoms with Crippen LogP contribution >= 0.6 is 11.6 Å². The van der Waals surface area contributed by atoms with Gasteiger partial charge in [0, 0.05) is 17.8 Å². The molecule has 154 valence electrons. The van der Waals surface area contributed by atoms with E-state index in [0.717, 1.165) is 12.5 Å². The Morgan fingerprint density at radius 1 is 1.32 bits per heavy atom. The minimum absolute atomic E-state index is 0.0234. The summed E-state index contributed by atoms with van der Waals surface area (Å²) in [6, 6.07) is 3.23. The van der Waals surface area contributed by atoms with Crippen LogP contribution < -0.4 is 5.32 Å². The molecule has 9 heteroatoms. The minimum Gasteiger partial charge on any atom is -0.461 e. The number of ether oxygens (including phenoxy) is 1. The highest BCUT2D eigenvalue weighted by Crippen LogP contribution is 2.35. The Morgan fingerprint density at radius 2 is 2.00 bits per heavy atom. The number of halogens is 4. The summed E-state index contributed by atoms with van der Waals surface area (Å²) >= 11 is 6.44. The lowest BCUT2D eigenvalue weighted by Crippen LogP contribution is -2.33. The predicted octanol–water partition coefficient (Wildman–Crippen LogP) is 5.33. The molecule has 0 radical (unpaired) electrons. The molecule has 2 rings (SSSR count). The summed E-state index contributed by atoms with van der Waals surface area (Å²) in [6.07, 6.45) is -3.78. The number of hydrogen-bond donors (Lipinski definition) is 1. The molecule has 0 aliphatic rings. The maximum Gasteiger partial charge on any atom is 0.408 e. The van der Waals surface area contributed by atoms with Crippen LogP contribution in [0.25, 0.3) is 11.3 Å². The summed E-state index contributed by atoms with van der Waals surface area (Å²) < 4.78 is 45.0. The maximum atomic E-state index is 12.8. The third-order valence-electron chi connectivity index (χ3n) is 4.28. The average Bonchev–Trinajstić information content (AvgIpc) is 2.97. The molecule has 0 aliphatic carbocycles. The van der Waals surface area contributed by atoms with Gasteiger partial charge in [-0.15, -0.1) is 0 Å². The smallest absolute Gasteiger partial charge is 0.408 e. The third kappa shape index (κ3) is 4.60. The second-order valence-electron chi connectivity index (χ2n) is 6.18. The Kier molecular flexibility index (Phi) is 6.98. The largest absolute Gasteiger partial charge is 0.461 e. The first-order valence-corrected chi connectivity index (χ1v) is 9.41. The van der Waals surface area contributed by atoms with Crippen molar-refractivity contribution in [2.24, 2.45) is 0 Å². The highest BCUT2D eigenvalue weighted by atomic mass is 35.5. The Hall–Kier alpha value is -2.22. The van der Waals surface area contributed by atoms with E-state index in [1.54, 1.807) is 29.8 Å². The fourth-order valence-corrected chi connectivity index (χ4v) is 3.11. The second-order valence-corrected chi connectivity index (χ2v) is 6.56. The molecule has 1 heterocycles. The molecular weight excluding hydrogens is 395 g/mol. The first kappa shape index (κ1) is 22.1. The van der Waals surface area contributed by atoms with E-state index in [4.69, 9.17) is 16.3 Å². The monoisotopic (exact) mass is 417 g/mol. The number of alkyl halides is 3. The van der Waals surface area contributed by atoms with E-state index in [-0.39, 0.29) is 17.3 Å². The summed E-state index contributed by atoms with van der Waals surface area (Å²) in [4.78, 5) is 12.1. The van der Waals surface area contributed by atoms with Gasteiger partial charge in [0.2, 0.25) is 0 Å². The molecule has 1 N–H and O–H groups in total. The highest BCUT2D eigenvalue weighted by molar-refractivity contribution is 6.35. The molecule has 28 heavy (non-hydrogen) atoms. The van der Waals surface area contributed by atoms with Gasteiger partial charge < -0.3 is 10.1 Å². The van der Waals surface area contributed by atoms with E-state index in [0.29, 0.717) is 29.9 Å². The van der Waals surface area contributed by atoms with Gasteiger partial charge in [0.1, 0.15) is 11.1 Å². The van der Waals surface area contributed by atoms with Crippen LogP contribution in [0.2, 0.25) is 5.02 Å². The van der Waals surface area contributed by atoms with E-state index in [9.17, 15) is 18.0 Å². The van der Waals surface area contributed by atoms with Crippen molar-refractivity contribution in [1.29, 1.82) is 0 Å². The van der Waals surface area contributed by atoms with Gasteiger partial charge in [-0.05, 0) is 44.9 Å². The quantitative estimate of drug-likeness (QED) is 0.619. The van der Waals surface area contributed by atoms with E-state index in [1.165, 1.54) is 0 Å². The van der Waals surface area contributed by atoms with E-state index in [1.807, 2.05) is 13.8 Å². The van der Waals surface area contributed by atoms with E-state index in [2.05, 4.69) is 10.4 Å². The molecule has 0 aliphatic heterocycles. The normalized spacial score (nSPS) is 12.7. The van der Waals surface area contributed by atoms with Gasteiger partial charge in [-0.3, -0.25) is 4.68 Å². The number of aryl methyl sites for hydroxylation is 2. The predicted molar refractivity (Wildman–Crippen MR) is 103 cm³/mol. The summed E-state index contributed by atoms with van der Waals surface area (Å²) in [7, 11) is 0. The molecular formula is C19H23ClF3N3O2. The lowest BCUT2D eigenvalue weighted by molar-refractivity contribution is -0.138. The standard InChI is InChI=1S/C19H23ClF3N3O2/c1-5-12-10-13(24-11(4)19(21,22)23)8-9-14(12)17-15(20)16(18(27)28-7-3)25-26(17)6-2/h8-11,24H,5-7H2,1-4H3/t11-/m1/s1. The molecule has 2 aromatic rings. The minimum atomic E-state index is -4.34. The zero-order valence-electron chi connectivity index (χ0n) is 16.2. The number of esters is 1. The molecule has 0 fully saturated rings. The summed E-state index contributed by atoms with van der Waals surface area (Å²) in [5.41, 5.74) is 2.42. The SMILES string of the molecule is CCOC(=O)c1nn(CC)c(-c2ccc(N[C@H](C)C(F)(F)F)cc2CC)c1Cl. The van der Waals surface area contributed by atoms with Gasteiger partial charge in [-0.1, -0.05) is 24.6 Å². The van der Waals surface area contributed by atoms with Crippen molar-refractivity contribution in [3.63, 3.8) is 0 Å². The topological polar surface area (TPSA) is 56.1 Å². The lowest BCUT2D eigenvalue weighted by atomic mass is 10.0. The van der Waals surface area contributed by atoms with Crippen LogP contribution in [0.15, 0.2) is 18.2 Å². The number of benzene rings is 1. The van der Waals surface area contributed by atoms with Gasteiger partial charge in [0.15, 0.2) is 5.69 Å². The molecule has 0 bridgehead atoms. The molecule has 0 saturated heterocycles. The maximum absolute atomic E-state index is 12.8. The van der Waals surface area contributed by atoms with Crippen molar-refractivity contribution in [3.05, 3.63) is 34.5 Å². The lowest BCUT2D eigenvalue weighted by Gasteiger charge is -2.20. The van der Waals surface area contributed by atoms with Crippen LogP contribution in [0, 0.1) is 0 Å². The number of carbonyl (C=O) groups excluding carboxylic acids is 1. The van der Waals surface area contributed by atoms with E-state index >= 15 is 0 Å². The first-order valence-electron chi connectivity index (χ1n) is 9.03. The van der Waals surface area contributed by atoms with Gasteiger partial charge >= 0.3 is 12.1 Å². The van der Waals surface area contributed by atoms with Gasteiger partial charge in [-0.25, -0.2) is 4.79 Å². The fourth-order valence-electron chi connectivity index (χ4n) is 2.79. The molecule has 1 aromatic carbocycles. The number of anilines is 1. The zero-order valence-corrected chi connectivity index (χ0v) is 16.9. The Bertz CT molecular complexity index is 850. The average molecular weight is 418 g/mol. The molecule has 5 nitrogen and oxygen atoms in total. The molecule has 1 atom stereocenters. The molecule has 0 saturated carbocycles. The van der Waals surface area contributed by atoms with Crippen LogP contribution in [0.3, 0.4) is 0 Å². The third-order valence-corrected chi connectivity index (χ3v) is 4.64. The van der Waals surface area contributed by atoms with Gasteiger partial charge in [-0.2, -0.15) is 18.3 Å². The van der Waals surface area contributed by atoms with Gasteiger partial charge in [0.05, 0.1) is 12.3 Å². The van der Waals surface area contributed by atoms with Crippen LogP contribution in [0.5, 0.6) is 0 Å². The Balaban J connectivity index is 2.49. The second kappa shape index (κ2) is 8.86. The van der Waals surface area contributed by atoms with Crippen molar-refractivity contribution in [3.8, 4) is 11.3 Å². The molecule has 0 amide bonds. The summed E-state index contributed by atoms with van der Waals surface area (Å²) in [5.74, 6) is -0.615. The Labute approximate surface area is 166 Å². The number of aromatic nitrogens is 2. The molecule has 0 unspecified atom stereocenters. The van der Waals surface area contributed by atoms with Crippen molar-refractivity contribution >= 4 is 23.3 Å². The first-order chi connectivity index (χ1) is 13.1. The number of nitrogens with zero attached hydrogens (tertiary/aromatic N) is 2. The van der Waals surface area contributed by atoms with Crippen molar-refractivity contribution in [1.82, 2.24) is 9.78 Å². The van der Waals surface area contributed by atoms with Crippen molar-refractivity contribution < 1.29 is 22.7 Å².